The highest BCUT2D eigenvalue weighted by atomic mass is 19.4. The molecular weight excluding hydrogens is 226 g/mol. The van der Waals surface area contributed by atoms with E-state index in [9.17, 15) is 22.7 Å². The lowest BCUT2D eigenvalue weighted by Gasteiger charge is -2.19. The van der Waals surface area contributed by atoms with Gasteiger partial charge >= 0.3 is 6.18 Å². The van der Waals surface area contributed by atoms with Gasteiger partial charge in [0.2, 0.25) is 0 Å². The molecule has 0 aliphatic carbocycles. The van der Waals surface area contributed by atoms with E-state index < -0.39 is 30.6 Å². The predicted octanol–water partition coefficient (Wildman–Crippen LogP) is 2.14. The molecule has 0 saturated carbocycles. The van der Waals surface area contributed by atoms with Crippen molar-refractivity contribution in [2.75, 3.05) is 0 Å². The fourth-order valence-corrected chi connectivity index (χ4v) is 1.20. The van der Waals surface area contributed by atoms with Gasteiger partial charge in [-0.25, -0.2) is 4.39 Å². The van der Waals surface area contributed by atoms with Crippen LogP contribution in [0.3, 0.4) is 0 Å². The number of hydrogen-bond acceptors (Lipinski definition) is 2. The van der Waals surface area contributed by atoms with Crippen LogP contribution < -0.4 is 5.73 Å². The average molecular weight is 237 g/mol. The van der Waals surface area contributed by atoms with Crippen LogP contribution in [-0.2, 0) is 0 Å². The van der Waals surface area contributed by atoms with Gasteiger partial charge in [0.15, 0.2) is 0 Å². The van der Waals surface area contributed by atoms with E-state index in [1.807, 2.05) is 0 Å². The zero-order valence-electron chi connectivity index (χ0n) is 8.21. The zero-order chi connectivity index (χ0) is 12.3. The Balaban J connectivity index is 2.65. The maximum absolute atomic E-state index is 12.5. The fraction of sp³-hybridized carbons (Fsp3) is 0.400. The van der Waals surface area contributed by atoms with Crippen LogP contribution in [0.25, 0.3) is 0 Å². The molecule has 0 heterocycles. The van der Waals surface area contributed by atoms with Crippen molar-refractivity contribution in [3.8, 4) is 0 Å². The molecule has 0 saturated heterocycles. The maximum Gasteiger partial charge on any atom is 0.403 e. The second kappa shape index (κ2) is 4.80. The summed E-state index contributed by atoms with van der Waals surface area (Å²) in [4.78, 5) is 0. The summed E-state index contributed by atoms with van der Waals surface area (Å²) in [6.45, 7) is 0. The molecule has 6 heteroatoms. The SMILES string of the molecule is N[C@@H](C[C@H](O)c1ccc(F)cc1)C(F)(F)F. The van der Waals surface area contributed by atoms with Crippen LogP contribution in [0.4, 0.5) is 17.6 Å². The van der Waals surface area contributed by atoms with Gasteiger partial charge in [-0.05, 0) is 17.7 Å². The van der Waals surface area contributed by atoms with Gasteiger partial charge in [0, 0.05) is 6.42 Å². The fourth-order valence-electron chi connectivity index (χ4n) is 1.20. The van der Waals surface area contributed by atoms with Gasteiger partial charge in [0.1, 0.15) is 11.9 Å². The minimum absolute atomic E-state index is 0.209. The minimum atomic E-state index is -4.54. The largest absolute Gasteiger partial charge is 0.403 e. The summed E-state index contributed by atoms with van der Waals surface area (Å²) in [7, 11) is 0. The smallest absolute Gasteiger partial charge is 0.388 e. The van der Waals surface area contributed by atoms with Crippen LogP contribution in [0.5, 0.6) is 0 Å². The van der Waals surface area contributed by atoms with Gasteiger partial charge in [0.25, 0.3) is 0 Å². The van der Waals surface area contributed by atoms with Gasteiger partial charge in [-0.1, -0.05) is 12.1 Å². The summed E-state index contributed by atoms with van der Waals surface area (Å²) in [6.07, 6.45) is -6.53. The van der Waals surface area contributed by atoms with E-state index in [0.29, 0.717) is 0 Å². The van der Waals surface area contributed by atoms with Crippen LogP contribution >= 0.6 is 0 Å². The molecule has 3 N–H and O–H groups in total. The molecule has 0 aliphatic rings. The number of rotatable bonds is 3. The minimum Gasteiger partial charge on any atom is -0.388 e. The van der Waals surface area contributed by atoms with Crippen LogP contribution in [-0.4, -0.2) is 17.3 Å². The normalized spacial score (nSPS) is 15.9. The Labute approximate surface area is 89.7 Å². The summed E-state index contributed by atoms with van der Waals surface area (Å²) >= 11 is 0. The number of alkyl halides is 3. The highest BCUT2D eigenvalue weighted by Crippen LogP contribution is 2.26. The molecule has 0 radical (unpaired) electrons. The number of hydrogen-bond donors (Lipinski definition) is 2. The van der Waals surface area contributed by atoms with Crippen molar-refractivity contribution in [1.29, 1.82) is 0 Å². The average Bonchev–Trinajstić information content (AvgIpc) is 2.17. The van der Waals surface area contributed by atoms with Crippen molar-refractivity contribution in [2.24, 2.45) is 5.73 Å². The van der Waals surface area contributed by atoms with Gasteiger partial charge < -0.3 is 10.8 Å². The molecule has 0 bridgehead atoms. The Kier molecular flexibility index (Phi) is 3.88. The number of aliphatic hydroxyl groups excluding tert-OH is 1. The Hall–Kier alpha value is -1.14. The van der Waals surface area contributed by atoms with Crippen molar-refractivity contribution < 1.29 is 22.7 Å². The molecule has 0 aliphatic heterocycles. The summed E-state index contributed by atoms with van der Waals surface area (Å²) < 4.78 is 48.8. The predicted molar refractivity (Wildman–Crippen MR) is 50.0 cm³/mol. The first kappa shape index (κ1) is 12.9. The molecule has 0 unspecified atom stereocenters. The van der Waals surface area contributed by atoms with E-state index in [2.05, 4.69) is 0 Å². The standard InChI is InChI=1S/C10H11F4NO/c11-7-3-1-6(2-4-7)8(16)5-9(15)10(12,13)14/h1-4,8-9,16H,5,15H2/t8-,9-/m0/s1. The van der Waals surface area contributed by atoms with Crippen molar-refractivity contribution >= 4 is 0 Å². The zero-order valence-corrected chi connectivity index (χ0v) is 8.21. The first-order chi connectivity index (χ1) is 7.30. The highest BCUT2D eigenvalue weighted by molar-refractivity contribution is 5.18. The Morgan fingerprint density at radius 2 is 1.69 bits per heavy atom. The molecule has 1 rings (SSSR count). The summed E-state index contributed by atoms with van der Waals surface area (Å²) in [5.74, 6) is -0.518. The van der Waals surface area contributed by atoms with Crippen molar-refractivity contribution in [3.63, 3.8) is 0 Å². The summed E-state index contributed by atoms with van der Waals surface area (Å²) in [5, 5.41) is 9.44. The Morgan fingerprint density at radius 1 is 1.19 bits per heavy atom. The lowest BCUT2D eigenvalue weighted by atomic mass is 10.0. The van der Waals surface area contributed by atoms with Crippen LogP contribution in [0.15, 0.2) is 24.3 Å². The Bertz CT molecular complexity index is 336. The third-order valence-corrected chi connectivity index (χ3v) is 2.15. The first-order valence-corrected chi connectivity index (χ1v) is 4.56. The molecule has 16 heavy (non-hydrogen) atoms. The van der Waals surface area contributed by atoms with Crippen molar-refractivity contribution in [1.82, 2.24) is 0 Å². The van der Waals surface area contributed by atoms with Crippen LogP contribution in [0, 0.1) is 5.82 Å². The van der Waals surface area contributed by atoms with Gasteiger partial charge in [-0.15, -0.1) is 0 Å². The van der Waals surface area contributed by atoms with E-state index in [1.165, 1.54) is 12.1 Å². The Morgan fingerprint density at radius 3 is 2.12 bits per heavy atom. The maximum atomic E-state index is 12.5. The van der Waals surface area contributed by atoms with E-state index >= 15 is 0 Å². The van der Waals surface area contributed by atoms with Crippen LogP contribution in [0.1, 0.15) is 18.1 Å². The molecule has 0 spiro atoms. The number of halogens is 4. The third kappa shape index (κ3) is 3.46. The molecule has 1 aromatic rings. The van der Waals surface area contributed by atoms with Crippen molar-refractivity contribution in [3.05, 3.63) is 35.6 Å². The second-order valence-electron chi connectivity index (χ2n) is 3.45. The van der Waals surface area contributed by atoms with E-state index in [4.69, 9.17) is 5.73 Å². The lowest BCUT2D eigenvalue weighted by Crippen LogP contribution is -2.38. The number of nitrogens with two attached hydrogens (primary N) is 1. The molecule has 2 atom stereocenters. The van der Waals surface area contributed by atoms with Gasteiger partial charge in [-0.2, -0.15) is 13.2 Å². The topological polar surface area (TPSA) is 46.2 Å². The number of benzene rings is 1. The second-order valence-corrected chi connectivity index (χ2v) is 3.45. The first-order valence-electron chi connectivity index (χ1n) is 4.56. The third-order valence-electron chi connectivity index (χ3n) is 2.15. The molecular formula is C10H11F4NO. The highest BCUT2D eigenvalue weighted by Gasteiger charge is 2.37. The molecule has 0 fully saturated rings. The van der Waals surface area contributed by atoms with Crippen LogP contribution in [0.2, 0.25) is 0 Å². The lowest BCUT2D eigenvalue weighted by molar-refractivity contribution is -0.153. The molecule has 0 amide bonds. The molecule has 90 valence electrons. The number of aliphatic hydroxyl groups is 1. The van der Waals surface area contributed by atoms with Gasteiger partial charge in [0.05, 0.1) is 6.10 Å². The van der Waals surface area contributed by atoms with E-state index in [-0.39, 0.29) is 5.56 Å². The molecule has 1 aromatic carbocycles. The van der Waals surface area contributed by atoms with E-state index in [1.54, 1.807) is 0 Å². The summed E-state index contributed by atoms with van der Waals surface area (Å²) in [5.41, 5.74) is 5.07. The summed E-state index contributed by atoms with van der Waals surface area (Å²) in [6, 6.07) is 2.49. The quantitative estimate of drug-likeness (QED) is 0.791. The van der Waals surface area contributed by atoms with Crippen molar-refractivity contribution in [2.45, 2.75) is 24.7 Å². The van der Waals surface area contributed by atoms with E-state index in [0.717, 1.165) is 12.1 Å². The molecule has 2 nitrogen and oxygen atoms in total. The molecule has 0 aromatic heterocycles. The van der Waals surface area contributed by atoms with Gasteiger partial charge in [-0.3, -0.25) is 0 Å². The monoisotopic (exact) mass is 237 g/mol.